The molecule has 1 rings (SSSR count). The highest BCUT2D eigenvalue weighted by Gasteiger charge is 2.14. The number of carbonyl (C=O) groups excluding carboxylic acids is 1. The third-order valence-corrected chi connectivity index (χ3v) is 1.26. The molecule has 2 N–H and O–H groups in total. The minimum atomic E-state index is -0.599. The number of nitrogens with zero attached hydrogens (tertiary/aromatic N) is 1. The predicted molar refractivity (Wildman–Crippen MR) is 41.9 cm³/mol. The van der Waals surface area contributed by atoms with Crippen LogP contribution in [0.3, 0.4) is 0 Å². The highest BCUT2D eigenvalue weighted by atomic mass is 16.7. The molecule has 0 saturated carbocycles. The Morgan fingerprint density at radius 3 is 2.50 bits per heavy atom. The number of pyridine rings is 1. The Bertz CT molecular complexity index is 259. The molecule has 0 aromatic carbocycles. The van der Waals surface area contributed by atoms with Crippen molar-refractivity contribution in [3.63, 3.8) is 0 Å². The van der Waals surface area contributed by atoms with Gasteiger partial charge in [-0.15, -0.1) is 0 Å². The molecule has 1 atom stereocenters. The van der Waals surface area contributed by atoms with E-state index in [1.807, 2.05) is 6.07 Å². The van der Waals surface area contributed by atoms with E-state index in [2.05, 4.69) is 0 Å². The van der Waals surface area contributed by atoms with E-state index in [1.54, 1.807) is 31.5 Å². The summed E-state index contributed by atoms with van der Waals surface area (Å²) in [5.74, 6) is -0.453. The normalized spacial score (nSPS) is 12.2. The maximum absolute atomic E-state index is 10.9. The summed E-state index contributed by atoms with van der Waals surface area (Å²) in [4.78, 5) is 15.8. The fourth-order valence-electron chi connectivity index (χ4n) is 0.631. The second kappa shape index (κ2) is 3.82. The van der Waals surface area contributed by atoms with Gasteiger partial charge in [-0.05, 0) is 6.92 Å². The van der Waals surface area contributed by atoms with Crippen LogP contribution in [0.5, 0.6) is 0 Å². The Morgan fingerprint density at radius 2 is 2.00 bits per heavy atom. The van der Waals surface area contributed by atoms with Crippen LogP contribution in [-0.4, -0.2) is 12.0 Å². The zero-order valence-electron chi connectivity index (χ0n) is 6.81. The van der Waals surface area contributed by atoms with Crippen molar-refractivity contribution in [1.82, 2.24) is 0 Å². The minimum absolute atomic E-state index is 0.453. The molecule has 0 spiro atoms. The Morgan fingerprint density at radius 1 is 1.42 bits per heavy atom. The summed E-state index contributed by atoms with van der Waals surface area (Å²) in [6, 6.07) is 4.75. The first-order valence-corrected chi connectivity index (χ1v) is 3.64. The lowest BCUT2D eigenvalue weighted by molar-refractivity contribution is -0.869. The fourth-order valence-corrected chi connectivity index (χ4v) is 0.631. The van der Waals surface area contributed by atoms with Gasteiger partial charge in [-0.2, -0.15) is 4.84 Å². The molecule has 1 aromatic heterocycles. The van der Waals surface area contributed by atoms with E-state index in [0.717, 1.165) is 0 Å². The van der Waals surface area contributed by atoms with Crippen LogP contribution in [0.15, 0.2) is 30.6 Å². The van der Waals surface area contributed by atoms with E-state index in [0.29, 0.717) is 0 Å². The predicted octanol–water partition coefficient (Wildman–Crippen LogP) is -0.723. The highest BCUT2D eigenvalue weighted by Crippen LogP contribution is 1.77. The lowest BCUT2D eigenvalue weighted by Crippen LogP contribution is -2.49. The van der Waals surface area contributed by atoms with Crippen LogP contribution in [0, 0.1) is 0 Å². The van der Waals surface area contributed by atoms with Gasteiger partial charge in [0.05, 0.1) is 0 Å². The minimum Gasteiger partial charge on any atom is -0.318 e. The summed E-state index contributed by atoms with van der Waals surface area (Å²) >= 11 is 0. The van der Waals surface area contributed by atoms with Crippen LogP contribution in [0.25, 0.3) is 0 Å². The van der Waals surface area contributed by atoms with E-state index in [4.69, 9.17) is 10.6 Å². The van der Waals surface area contributed by atoms with Crippen molar-refractivity contribution < 1.29 is 14.4 Å². The number of carbonyl (C=O) groups is 1. The SMILES string of the molecule is C[C@H](N)C(=O)O[n+]1ccccc1. The smallest absolute Gasteiger partial charge is 0.318 e. The van der Waals surface area contributed by atoms with Crippen LogP contribution in [-0.2, 0) is 4.79 Å². The molecule has 0 aliphatic carbocycles. The summed E-state index contributed by atoms with van der Waals surface area (Å²) in [6.45, 7) is 1.58. The van der Waals surface area contributed by atoms with E-state index in [1.165, 1.54) is 4.73 Å². The van der Waals surface area contributed by atoms with E-state index < -0.39 is 12.0 Å². The molecule has 0 saturated heterocycles. The van der Waals surface area contributed by atoms with Crippen LogP contribution < -0.4 is 15.3 Å². The van der Waals surface area contributed by atoms with Gasteiger partial charge in [0.25, 0.3) is 0 Å². The zero-order chi connectivity index (χ0) is 8.97. The first kappa shape index (κ1) is 8.67. The van der Waals surface area contributed by atoms with E-state index >= 15 is 0 Å². The Labute approximate surface area is 70.5 Å². The zero-order valence-corrected chi connectivity index (χ0v) is 6.81. The molecule has 12 heavy (non-hydrogen) atoms. The van der Waals surface area contributed by atoms with Crippen LogP contribution >= 0.6 is 0 Å². The van der Waals surface area contributed by atoms with Crippen molar-refractivity contribution in [2.75, 3.05) is 0 Å². The van der Waals surface area contributed by atoms with Gasteiger partial charge in [0.1, 0.15) is 6.04 Å². The van der Waals surface area contributed by atoms with Crippen LogP contribution in [0.1, 0.15) is 6.92 Å². The number of hydrogen-bond donors (Lipinski definition) is 1. The van der Waals surface area contributed by atoms with Crippen molar-refractivity contribution in [2.24, 2.45) is 5.73 Å². The van der Waals surface area contributed by atoms with Gasteiger partial charge in [-0.3, -0.25) is 0 Å². The molecular formula is C8H11N2O2+. The van der Waals surface area contributed by atoms with E-state index in [-0.39, 0.29) is 0 Å². The standard InChI is InChI=1S/C8H11N2O2/c1-7(9)8(11)12-10-5-3-2-4-6-10/h2-7H,9H2,1H3/q+1/t7-/m0/s1. The molecule has 64 valence electrons. The fraction of sp³-hybridized carbons (Fsp3) is 0.250. The lowest BCUT2D eigenvalue weighted by atomic mass is 10.4. The second-order valence-electron chi connectivity index (χ2n) is 2.43. The molecule has 4 nitrogen and oxygen atoms in total. The van der Waals surface area contributed by atoms with Gasteiger partial charge in [0.15, 0.2) is 0 Å². The molecule has 0 aliphatic rings. The molecule has 0 aliphatic heterocycles. The number of nitrogens with two attached hydrogens (primary N) is 1. The summed E-state index contributed by atoms with van der Waals surface area (Å²) < 4.78 is 1.31. The van der Waals surface area contributed by atoms with Crippen LogP contribution in [0.2, 0.25) is 0 Å². The third-order valence-electron chi connectivity index (χ3n) is 1.26. The van der Waals surface area contributed by atoms with Gasteiger partial charge >= 0.3 is 5.97 Å². The third kappa shape index (κ3) is 2.32. The topological polar surface area (TPSA) is 56.2 Å². The summed E-state index contributed by atoms with van der Waals surface area (Å²) in [7, 11) is 0. The average Bonchev–Trinajstić information content (AvgIpc) is 2.06. The highest BCUT2D eigenvalue weighted by molar-refractivity contribution is 5.74. The van der Waals surface area contributed by atoms with Crippen LogP contribution in [0.4, 0.5) is 0 Å². The largest absolute Gasteiger partial charge is 0.396 e. The molecule has 1 aromatic rings. The lowest BCUT2D eigenvalue weighted by Gasteiger charge is -1.98. The first-order valence-electron chi connectivity index (χ1n) is 3.64. The molecular weight excluding hydrogens is 156 g/mol. The number of hydrogen-bond acceptors (Lipinski definition) is 3. The molecule has 4 heteroatoms. The number of aromatic nitrogens is 1. The van der Waals surface area contributed by atoms with Gasteiger partial charge in [0.2, 0.25) is 12.4 Å². The summed E-state index contributed by atoms with van der Waals surface area (Å²) in [6.07, 6.45) is 3.25. The van der Waals surface area contributed by atoms with Gasteiger partial charge < -0.3 is 5.73 Å². The molecule has 0 bridgehead atoms. The Hall–Kier alpha value is -1.42. The molecule has 0 unspecified atom stereocenters. The molecule has 0 fully saturated rings. The van der Waals surface area contributed by atoms with Crippen molar-refractivity contribution >= 4 is 5.97 Å². The quantitative estimate of drug-likeness (QED) is 0.591. The monoisotopic (exact) mass is 167 g/mol. The maximum atomic E-state index is 10.9. The van der Waals surface area contributed by atoms with Crippen molar-refractivity contribution in [3.8, 4) is 0 Å². The second-order valence-corrected chi connectivity index (χ2v) is 2.43. The van der Waals surface area contributed by atoms with Gasteiger partial charge in [0, 0.05) is 16.9 Å². The summed E-state index contributed by atoms with van der Waals surface area (Å²) in [5, 5.41) is 0. The summed E-state index contributed by atoms with van der Waals surface area (Å²) in [5.41, 5.74) is 5.30. The molecule has 0 radical (unpaired) electrons. The van der Waals surface area contributed by atoms with Crippen molar-refractivity contribution in [2.45, 2.75) is 13.0 Å². The van der Waals surface area contributed by atoms with Gasteiger partial charge in [-0.1, -0.05) is 6.07 Å². The molecule has 0 amide bonds. The molecule has 1 heterocycles. The average molecular weight is 167 g/mol. The Kier molecular flexibility index (Phi) is 2.76. The maximum Gasteiger partial charge on any atom is 0.396 e. The van der Waals surface area contributed by atoms with Crippen molar-refractivity contribution in [1.29, 1.82) is 0 Å². The number of rotatable bonds is 2. The van der Waals surface area contributed by atoms with Gasteiger partial charge in [-0.25, -0.2) is 4.79 Å². The van der Waals surface area contributed by atoms with E-state index in [9.17, 15) is 4.79 Å². The first-order chi connectivity index (χ1) is 5.70. The van der Waals surface area contributed by atoms with Crippen molar-refractivity contribution in [3.05, 3.63) is 30.6 Å². The Balaban J connectivity index is 2.59.